The third kappa shape index (κ3) is 5.75. The summed E-state index contributed by atoms with van der Waals surface area (Å²) in [5.41, 5.74) is 4.80. The van der Waals surface area contributed by atoms with Gasteiger partial charge in [0.1, 0.15) is 12.4 Å². The van der Waals surface area contributed by atoms with Crippen molar-refractivity contribution in [2.75, 3.05) is 13.7 Å². The summed E-state index contributed by atoms with van der Waals surface area (Å²) in [6.07, 6.45) is 3.36. The van der Waals surface area contributed by atoms with Crippen molar-refractivity contribution in [2.45, 2.75) is 79.2 Å². The maximum Gasteiger partial charge on any atom is 0.175 e. The van der Waals surface area contributed by atoms with Gasteiger partial charge in [-0.2, -0.15) is 0 Å². The summed E-state index contributed by atoms with van der Waals surface area (Å²) in [5.74, 6) is 0.386. The van der Waals surface area contributed by atoms with Gasteiger partial charge >= 0.3 is 0 Å². The molecule has 41 heavy (non-hydrogen) atoms. The summed E-state index contributed by atoms with van der Waals surface area (Å²) in [6, 6.07) is 10.1. The molecule has 5 rings (SSSR count). The van der Waals surface area contributed by atoms with Gasteiger partial charge in [0.15, 0.2) is 23.1 Å². The molecule has 0 N–H and O–H groups in total. The minimum atomic E-state index is -0.470. The number of halogens is 2. The van der Waals surface area contributed by atoms with Gasteiger partial charge in [-0.25, -0.2) is 4.39 Å². The molecule has 0 amide bonds. The van der Waals surface area contributed by atoms with Gasteiger partial charge in [0, 0.05) is 47.8 Å². The first kappa shape index (κ1) is 29.6. The number of nitrogens with zero attached hydrogens (tertiary/aromatic N) is 1. The van der Waals surface area contributed by atoms with Crippen molar-refractivity contribution in [1.82, 2.24) is 4.90 Å². The lowest BCUT2D eigenvalue weighted by atomic mass is 9.63. The molecule has 3 aliphatic rings. The number of methoxy groups -OCH3 is 1. The van der Waals surface area contributed by atoms with E-state index in [0.717, 1.165) is 53.9 Å². The smallest absolute Gasteiger partial charge is 0.175 e. The largest absolute Gasteiger partial charge is 0.493 e. The quantitative estimate of drug-likeness (QED) is 0.311. The molecule has 0 fully saturated rings. The van der Waals surface area contributed by atoms with E-state index in [9.17, 15) is 14.0 Å². The van der Waals surface area contributed by atoms with Crippen LogP contribution in [-0.2, 0) is 16.2 Å². The molecule has 2 aromatic rings. The lowest BCUT2D eigenvalue weighted by Crippen LogP contribution is -2.44. The van der Waals surface area contributed by atoms with Crippen LogP contribution in [0.1, 0.15) is 83.8 Å². The Labute approximate surface area is 250 Å². The first-order chi connectivity index (χ1) is 19.3. The Balaban J connectivity index is 1.65. The number of ketones is 2. The first-order valence-corrected chi connectivity index (χ1v) is 15.2. The molecule has 0 radical (unpaired) electrons. The zero-order valence-electron chi connectivity index (χ0n) is 24.8. The van der Waals surface area contributed by atoms with Crippen molar-refractivity contribution >= 4 is 27.5 Å². The Hall–Kier alpha value is -2.93. The standard InChI is InChI=1S/C34H39BrFNO4/c1-7-11-37-24-15-33(2,3)17-26(38)30(24)29(31-25(37)16-34(4,5)18-27(31)39)21-13-23(35)32(28(14-21)40-6)41-19-20-9-8-10-22(36)12-20/h8-10,12-14,29H,7,11,15-19H2,1-6H3. The molecule has 0 spiro atoms. The van der Waals surface area contributed by atoms with Gasteiger partial charge in [0.25, 0.3) is 0 Å². The SMILES string of the molecule is CCCN1C2=C(C(=O)CC(C)(C)C2)C(c2cc(Br)c(OCc3cccc(F)c3)c(OC)c2)C2=C1CC(C)(C)CC2=O. The van der Waals surface area contributed by atoms with Gasteiger partial charge in [0.2, 0.25) is 0 Å². The van der Waals surface area contributed by atoms with E-state index in [1.54, 1.807) is 19.2 Å². The van der Waals surface area contributed by atoms with Crippen molar-refractivity contribution in [2.24, 2.45) is 10.8 Å². The number of Topliss-reactive ketones (excluding diaryl/α,β-unsaturated/α-hetero) is 2. The zero-order valence-corrected chi connectivity index (χ0v) is 26.4. The second-order valence-corrected chi connectivity index (χ2v) is 14.0. The van der Waals surface area contributed by atoms with E-state index in [-0.39, 0.29) is 34.8 Å². The van der Waals surface area contributed by atoms with Gasteiger partial charge in [-0.15, -0.1) is 0 Å². The normalized spacial score (nSPS) is 20.2. The van der Waals surface area contributed by atoms with Gasteiger partial charge in [-0.05, 0) is 81.4 Å². The summed E-state index contributed by atoms with van der Waals surface area (Å²) in [6.45, 7) is 11.7. The highest BCUT2D eigenvalue weighted by atomic mass is 79.9. The molecule has 0 bridgehead atoms. The maximum atomic E-state index is 14.0. The van der Waals surface area contributed by atoms with Crippen LogP contribution >= 0.6 is 15.9 Å². The second-order valence-electron chi connectivity index (χ2n) is 13.1. The fourth-order valence-corrected chi connectivity index (χ4v) is 7.28. The van der Waals surface area contributed by atoms with Gasteiger partial charge in [0.05, 0.1) is 11.6 Å². The minimum Gasteiger partial charge on any atom is -0.493 e. The van der Waals surface area contributed by atoms with Crippen LogP contribution in [0.3, 0.4) is 0 Å². The number of hydrogen-bond donors (Lipinski definition) is 0. The highest BCUT2D eigenvalue weighted by molar-refractivity contribution is 9.10. The average molecular weight is 625 g/mol. The van der Waals surface area contributed by atoms with E-state index in [1.807, 2.05) is 12.1 Å². The Morgan fingerprint density at radius 3 is 2.10 bits per heavy atom. The molecular weight excluding hydrogens is 585 g/mol. The Morgan fingerprint density at radius 2 is 1.56 bits per heavy atom. The van der Waals surface area contributed by atoms with E-state index in [4.69, 9.17) is 9.47 Å². The topological polar surface area (TPSA) is 55.8 Å². The summed E-state index contributed by atoms with van der Waals surface area (Å²) >= 11 is 3.68. The van der Waals surface area contributed by atoms with E-state index in [2.05, 4.69) is 55.4 Å². The van der Waals surface area contributed by atoms with Crippen molar-refractivity contribution in [1.29, 1.82) is 0 Å². The fraction of sp³-hybridized carbons (Fsp3) is 0.471. The number of allylic oxidation sites excluding steroid dienone is 4. The summed E-state index contributed by atoms with van der Waals surface area (Å²) in [5, 5.41) is 0. The molecule has 1 aliphatic heterocycles. The molecule has 218 valence electrons. The zero-order chi connectivity index (χ0) is 29.7. The molecule has 2 aromatic carbocycles. The number of rotatable bonds is 7. The Morgan fingerprint density at radius 1 is 0.951 bits per heavy atom. The number of ether oxygens (including phenoxy) is 2. The summed E-state index contributed by atoms with van der Waals surface area (Å²) in [7, 11) is 1.57. The Kier molecular flexibility index (Phi) is 7.97. The number of hydrogen-bond acceptors (Lipinski definition) is 5. The van der Waals surface area contributed by atoms with Gasteiger partial charge in [-0.3, -0.25) is 9.59 Å². The van der Waals surface area contributed by atoms with Crippen LogP contribution in [0.15, 0.2) is 63.4 Å². The van der Waals surface area contributed by atoms with Crippen LogP contribution in [0, 0.1) is 16.6 Å². The van der Waals surface area contributed by atoms with E-state index in [0.29, 0.717) is 34.4 Å². The van der Waals surface area contributed by atoms with Crippen LogP contribution in [0.2, 0.25) is 0 Å². The van der Waals surface area contributed by atoms with Crippen molar-refractivity contribution in [3.05, 3.63) is 80.4 Å². The Bertz CT molecular complexity index is 1420. The summed E-state index contributed by atoms with van der Waals surface area (Å²) < 4.78 is 26.3. The van der Waals surface area contributed by atoms with Crippen molar-refractivity contribution < 1.29 is 23.5 Å². The van der Waals surface area contributed by atoms with E-state index in [1.165, 1.54) is 12.1 Å². The first-order valence-electron chi connectivity index (χ1n) is 14.4. The molecule has 2 aliphatic carbocycles. The highest BCUT2D eigenvalue weighted by Gasteiger charge is 2.49. The highest BCUT2D eigenvalue weighted by Crippen LogP contribution is 2.55. The number of carbonyl (C=O) groups excluding carboxylic acids is 2. The predicted molar refractivity (Wildman–Crippen MR) is 161 cm³/mol. The molecule has 0 saturated carbocycles. The van der Waals surface area contributed by atoms with Gasteiger partial charge in [-0.1, -0.05) is 46.8 Å². The number of benzene rings is 2. The second kappa shape index (κ2) is 11.0. The lowest BCUT2D eigenvalue weighted by molar-refractivity contribution is -0.119. The molecule has 5 nitrogen and oxygen atoms in total. The molecule has 0 unspecified atom stereocenters. The molecule has 0 atom stereocenters. The van der Waals surface area contributed by atoms with Gasteiger partial charge < -0.3 is 14.4 Å². The lowest BCUT2D eigenvalue weighted by Gasteiger charge is -2.49. The molecule has 7 heteroatoms. The third-order valence-electron chi connectivity index (χ3n) is 8.33. The minimum absolute atomic E-state index is 0.105. The van der Waals surface area contributed by atoms with Crippen LogP contribution in [0.25, 0.3) is 0 Å². The van der Waals surface area contributed by atoms with E-state index >= 15 is 0 Å². The molecule has 0 saturated heterocycles. The fourth-order valence-electron chi connectivity index (χ4n) is 6.70. The molecule has 1 heterocycles. The predicted octanol–water partition coefficient (Wildman–Crippen LogP) is 8.27. The molecule has 0 aromatic heterocycles. The average Bonchev–Trinajstić information content (AvgIpc) is 2.87. The van der Waals surface area contributed by atoms with Crippen molar-refractivity contribution in [3.63, 3.8) is 0 Å². The summed E-state index contributed by atoms with van der Waals surface area (Å²) in [4.78, 5) is 30.2. The van der Waals surface area contributed by atoms with Crippen molar-refractivity contribution in [3.8, 4) is 11.5 Å². The maximum absolute atomic E-state index is 14.0. The van der Waals surface area contributed by atoms with Crippen LogP contribution in [0.4, 0.5) is 4.39 Å². The number of carbonyl (C=O) groups is 2. The van der Waals surface area contributed by atoms with Crippen LogP contribution < -0.4 is 9.47 Å². The van der Waals surface area contributed by atoms with Crippen LogP contribution in [-0.4, -0.2) is 30.1 Å². The van der Waals surface area contributed by atoms with Crippen LogP contribution in [0.5, 0.6) is 11.5 Å². The van der Waals surface area contributed by atoms with E-state index < -0.39 is 5.92 Å². The monoisotopic (exact) mass is 623 g/mol. The molecular formula is C34H39BrFNO4. The third-order valence-corrected chi connectivity index (χ3v) is 8.92.